The summed E-state index contributed by atoms with van der Waals surface area (Å²) in [4.78, 5) is 26.2. The highest BCUT2D eigenvalue weighted by atomic mass is 35.5. The topological polar surface area (TPSA) is 92.1 Å². The molecule has 0 aliphatic carbocycles. The number of nitrogens with zero attached hydrogens (tertiary/aromatic N) is 2. The van der Waals surface area contributed by atoms with Crippen LogP contribution >= 0.6 is 23.2 Å². The number of H-pyrrole nitrogens is 1. The van der Waals surface area contributed by atoms with Crippen molar-refractivity contribution in [2.24, 2.45) is 5.73 Å². The molecule has 2 aromatic carbocycles. The molecule has 1 aliphatic heterocycles. The van der Waals surface area contributed by atoms with Crippen LogP contribution in [0.5, 0.6) is 0 Å². The number of amides is 2. The van der Waals surface area contributed by atoms with E-state index in [4.69, 9.17) is 28.9 Å². The molecule has 6 nitrogen and oxygen atoms in total. The van der Waals surface area contributed by atoms with Crippen molar-refractivity contribution in [2.45, 2.75) is 13.0 Å². The molecule has 8 heteroatoms. The Balaban J connectivity index is 1.65. The SMILES string of the molecule is NC(=O)c1c(Cl)cc2c(c1Cl)CCN(C(=O)c1ccc3cn[nH]c3c1)C2. The molecule has 132 valence electrons. The fraction of sp³-hybridized carbons (Fsp3) is 0.167. The summed E-state index contributed by atoms with van der Waals surface area (Å²) in [6, 6.07) is 7.10. The lowest BCUT2D eigenvalue weighted by Gasteiger charge is -2.30. The number of hydrogen-bond acceptors (Lipinski definition) is 3. The zero-order valence-corrected chi connectivity index (χ0v) is 15.1. The quantitative estimate of drug-likeness (QED) is 0.705. The van der Waals surface area contributed by atoms with Gasteiger partial charge in [-0.1, -0.05) is 29.3 Å². The van der Waals surface area contributed by atoms with Gasteiger partial charge in [-0.2, -0.15) is 5.10 Å². The van der Waals surface area contributed by atoms with E-state index in [1.54, 1.807) is 29.3 Å². The Bertz CT molecular complexity index is 1060. The number of aromatic nitrogens is 2. The lowest BCUT2D eigenvalue weighted by atomic mass is 9.96. The Morgan fingerprint density at radius 1 is 1.23 bits per heavy atom. The van der Waals surface area contributed by atoms with Crippen LogP contribution in [0.4, 0.5) is 0 Å². The van der Waals surface area contributed by atoms with Crippen molar-refractivity contribution >= 4 is 45.9 Å². The second-order valence-electron chi connectivity index (χ2n) is 6.20. The van der Waals surface area contributed by atoms with Crippen molar-refractivity contribution in [2.75, 3.05) is 6.54 Å². The highest BCUT2D eigenvalue weighted by Crippen LogP contribution is 2.34. The molecular formula is C18H14Cl2N4O2. The normalized spacial score (nSPS) is 13.7. The summed E-state index contributed by atoms with van der Waals surface area (Å²) >= 11 is 12.5. The van der Waals surface area contributed by atoms with Gasteiger partial charge < -0.3 is 10.6 Å². The van der Waals surface area contributed by atoms with Gasteiger partial charge in [-0.3, -0.25) is 14.7 Å². The molecule has 0 spiro atoms. The molecular weight excluding hydrogens is 375 g/mol. The van der Waals surface area contributed by atoms with Crippen LogP contribution in [0, 0.1) is 0 Å². The first kappa shape index (κ1) is 16.9. The largest absolute Gasteiger partial charge is 0.366 e. The van der Waals surface area contributed by atoms with E-state index >= 15 is 0 Å². The van der Waals surface area contributed by atoms with Crippen LogP contribution in [0.3, 0.4) is 0 Å². The molecule has 2 heterocycles. The molecule has 0 bridgehead atoms. The predicted molar refractivity (Wildman–Crippen MR) is 99.5 cm³/mol. The summed E-state index contributed by atoms with van der Waals surface area (Å²) in [5.74, 6) is -0.743. The number of hydrogen-bond donors (Lipinski definition) is 2. The molecule has 0 atom stereocenters. The zero-order chi connectivity index (χ0) is 18.4. The summed E-state index contributed by atoms with van der Waals surface area (Å²) in [6.07, 6.45) is 2.24. The number of fused-ring (bicyclic) bond motifs is 2. The minimum absolute atomic E-state index is 0.0848. The van der Waals surface area contributed by atoms with Crippen LogP contribution in [0.2, 0.25) is 10.0 Å². The van der Waals surface area contributed by atoms with Crippen molar-refractivity contribution in [1.29, 1.82) is 0 Å². The first-order valence-electron chi connectivity index (χ1n) is 7.97. The molecule has 3 aromatic rings. The predicted octanol–water partition coefficient (Wildman–Crippen LogP) is 3.17. The second-order valence-corrected chi connectivity index (χ2v) is 6.98. The summed E-state index contributed by atoms with van der Waals surface area (Å²) in [5.41, 5.74) is 8.53. The molecule has 26 heavy (non-hydrogen) atoms. The second kappa shape index (κ2) is 6.30. The molecule has 2 amide bonds. The minimum Gasteiger partial charge on any atom is -0.366 e. The molecule has 4 rings (SSSR count). The molecule has 1 aromatic heterocycles. The summed E-state index contributed by atoms with van der Waals surface area (Å²) in [5, 5.41) is 8.27. The van der Waals surface area contributed by atoms with Gasteiger partial charge in [-0.15, -0.1) is 0 Å². The number of primary amides is 1. The van der Waals surface area contributed by atoms with E-state index in [9.17, 15) is 9.59 Å². The minimum atomic E-state index is -0.658. The first-order chi connectivity index (χ1) is 12.5. The van der Waals surface area contributed by atoms with Crippen molar-refractivity contribution in [3.8, 4) is 0 Å². The maximum absolute atomic E-state index is 12.9. The van der Waals surface area contributed by atoms with Crippen molar-refractivity contribution in [3.63, 3.8) is 0 Å². The molecule has 0 unspecified atom stereocenters. The maximum atomic E-state index is 12.9. The third-order valence-corrected chi connectivity index (χ3v) is 5.34. The maximum Gasteiger partial charge on any atom is 0.254 e. The Morgan fingerprint density at radius 3 is 2.81 bits per heavy atom. The lowest BCUT2D eigenvalue weighted by molar-refractivity contribution is 0.0734. The number of carbonyl (C=O) groups excluding carboxylic acids is 2. The van der Waals surface area contributed by atoms with Gasteiger partial charge in [0.2, 0.25) is 0 Å². The summed E-state index contributed by atoms with van der Waals surface area (Å²) in [6.45, 7) is 0.861. The van der Waals surface area contributed by atoms with E-state index < -0.39 is 5.91 Å². The van der Waals surface area contributed by atoms with Crippen LogP contribution in [0.1, 0.15) is 31.8 Å². The smallest absolute Gasteiger partial charge is 0.254 e. The molecule has 0 saturated heterocycles. The fourth-order valence-electron chi connectivity index (χ4n) is 3.30. The Morgan fingerprint density at radius 2 is 2.04 bits per heavy atom. The van der Waals surface area contributed by atoms with Crippen LogP contribution in [0.25, 0.3) is 10.9 Å². The average molecular weight is 389 g/mol. The van der Waals surface area contributed by atoms with Gasteiger partial charge in [0.05, 0.1) is 27.3 Å². The van der Waals surface area contributed by atoms with E-state index in [0.29, 0.717) is 25.1 Å². The van der Waals surface area contributed by atoms with Gasteiger partial charge in [0, 0.05) is 24.0 Å². The van der Waals surface area contributed by atoms with Crippen molar-refractivity contribution < 1.29 is 9.59 Å². The number of carbonyl (C=O) groups is 2. The first-order valence-corrected chi connectivity index (χ1v) is 8.73. The number of benzene rings is 2. The van der Waals surface area contributed by atoms with E-state index in [1.807, 2.05) is 6.07 Å². The zero-order valence-electron chi connectivity index (χ0n) is 13.6. The van der Waals surface area contributed by atoms with Crippen molar-refractivity contribution in [3.05, 3.63) is 62.8 Å². The van der Waals surface area contributed by atoms with Crippen LogP contribution in [-0.4, -0.2) is 33.5 Å². The highest BCUT2D eigenvalue weighted by molar-refractivity contribution is 6.40. The number of rotatable bonds is 2. The third kappa shape index (κ3) is 2.71. The van der Waals surface area contributed by atoms with Crippen molar-refractivity contribution in [1.82, 2.24) is 15.1 Å². The Kier molecular flexibility index (Phi) is 4.09. The number of halogens is 2. The summed E-state index contributed by atoms with van der Waals surface area (Å²) < 4.78 is 0. The molecule has 1 aliphatic rings. The van der Waals surface area contributed by atoms with Gasteiger partial charge in [0.25, 0.3) is 11.8 Å². The Hall–Kier alpha value is -2.57. The molecule has 0 fully saturated rings. The average Bonchev–Trinajstić information content (AvgIpc) is 3.07. The van der Waals surface area contributed by atoms with Gasteiger partial charge in [-0.25, -0.2) is 0 Å². The third-order valence-electron chi connectivity index (χ3n) is 4.63. The molecule has 0 radical (unpaired) electrons. The van der Waals surface area contributed by atoms with Gasteiger partial charge in [0.15, 0.2) is 0 Å². The lowest BCUT2D eigenvalue weighted by Crippen LogP contribution is -2.36. The Labute approximate surface area is 158 Å². The van der Waals surface area contributed by atoms with E-state index in [2.05, 4.69) is 10.2 Å². The highest BCUT2D eigenvalue weighted by Gasteiger charge is 2.27. The van der Waals surface area contributed by atoms with Gasteiger partial charge >= 0.3 is 0 Å². The number of aromatic amines is 1. The van der Waals surface area contributed by atoms with E-state index in [0.717, 1.165) is 22.0 Å². The van der Waals surface area contributed by atoms with E-state index in [-0.39, 0.29) is 21.5 Å². The number of nitrogens with two attached hydrogens (primary N) is 1. The monoisotopic (exact) mass is 388 g/mol. The molecule has 0 saturated carbocycles. The van der Waals surface area contributed by atoms with Gasteiger partial charge in [0.1, 0.15) is 0 Å². The molecule has 3 N–H and O–H groups in total. The van der Waals surface area contributed by atoms with Crippen LogP contribution < -0.4 is 5.73 Å². The van der Waals surface area contributed by atoms with Crippen LogP contribution in [-0.2, 0) is 13.0 Å². The number of nitrogens with one attached hydrogen (secondary N) is 1. The summed E-state index contributed by atoms with van der Waals surface area (Å²) in [7, 11) is 0. The van der Waals surface area contributed by atoms with Gasteiger partial charge in [-0.05, 0) is 35.7 Å². The standard InChI is InChI=1S/C18H14Cl2N4O2/c19-13-5-11-8-24(4-3-12(11)16(20)15(13)17(21)25)18(26)9-1-2-10-7-22-23-14(10)6-9/h1-2,5-7H,3-4,8H2,(H2,21,25)(H,22,23). The van der Waals surface area contributed by atoms with Crippen LogP contribution in [0.15, 0.2) is 30.5 Å². The fourth-order valence-corrected chi connectivity index (χ4v) is 4.08. The van der Waals surface area contributed by atoms with E-state index in [1.165, 1.54) is 0 Å².